The monoisotopic (exact) mass is 618 g/mol. The van der Waals surface area contributed by atoms with E-state index in [1.807, 2.05) is 0 Å². The second kappa shape index (κ2) is 10.7. The van der Waals surface area contributed by atoms with Crippen molar-refractivity contribution in [2.24, 2.45) is 0 Å². The van der Waals surface area contributed by atoms with E-state index in [4.69, 9.17) is 0 Å². The Morgan fingerprint density at radius 2 is 0.979 bits per heavy atom. The van der Waals surface area contributed by atoms with Crippen LogP contribution in [-0.2, 0) is 0 Å². The van der Waals surface area contributed by atoms with E-state index in [2.05, 4.69) is 187 Å². The topological polar surface area (TPSA) is 17.0 Å². The molecule has 0 fully saturated rings. The first-order valence-electron chi connectivity index (χ1n) is 16.4. The lowest BCUT2D eigenvalue weighted by Crippen LogP contribution is -2.49. The van der Waals surface area contributed by atoms with Gasteiger partial charge in [-0.2, -0.15) is 0 Å². The minimum absolute atomic E-state index is 1.10. The van der Waals surface area contributed by atoms with Crippen molar-refractivity contribution in [2.75, 3.05) is 5.32 Å². The van der Waals surface area contributed by atoms with E-state index >= 15 is 0 Å². The van der Waals surface area contributed by atoms with Crippen LogP contribution in [0.4, 0.5) is 11.4 Å². The number of nitrogens with zero attached hydrogens (tertiary/aromatic N) is 1. The largest absolute Gasteiger partial charge is 0.356 e. The number of fused-ring (bicyclic) bond motifs is 6. The maximum atomic E-state index is 3.68. The number of aromatic nitrogens is 1. The van der Waals surface area contributed by atoms with Crippen LogP contribution in [0.5, 0.6) is 0 Å². The summed E-state index contributed by atoms with van der Waals surface area (Å²) in [6.07, 6.45) is 0. The summed E-state index contributed by atoms with van der Waals surface area (Å²) in [6, 6.07) is 59.8. The summed E-state index contributed by atoms with van der Waals surface area (Å²) in [7, 11) is -1.93. The van der Waals surface area contributed by atoms with Gasteiger partial charge in [-0.25, -0.2) is 0 Å². The van der Waals surface area contributed by atoms with Crippen molar-refractivity contribution >= 4 is 51.6 Å². The van der Waals surface area contributed by atoms with E-state index in [9.17, 15) is 0 Å². The maximum absolute atomic E-state index is 3.68. The molecule has 0 saturated carbocycles. The molecule has 7 aromatic carbocycles. The van der Waals surface area contributed by atoms with Gasteiger partial charge in [0.05, 0.1) is 11.0 Å². The van der Waals surface area contributed by atoms with E-state index < -0.39 is 8.07 Å². The molecule has 2 heterocycles. The third-order valence-electron chi connectivity index (χ3n) is 9.98. The average molecular weight is 619 g/mol. The summed E-state index contributed by atoms with van der Waals surface area (Å²) in [5.41, 5.74) is 13.7. The number of hydrogen-bond acceptors (Lipinski definition) is 1. The van der Waals surface area contributed by atoms with Crippen LogP contribution in [0.1, 0.15) is 0 Å². The summed E-state index contributed by atoms with van der Waals surface area (Å²) < 4.78 is 2.38. The lowest BCUT2D eigenvalue weighted by molar-refractivity contribution is 1.18. The van der Waals surface area contributed by atoms with Crippen LogP contribution in [0, 0.1) is 0 Å². The van der Waals surface area contributed by atoms with Crippen molar-refractivity contribution in [1.29, 1.82) is 0 Å². The van der Waals surface area contributed by atoms with Crippen molar-refractivity contribution in [1.82, 2.24) is 4.57 Å². The van der Waals surface area contributed by atoms with Gasteiger partial charge in [0.2, 0.25) is 0 Å². The Morgan fingerprint density at radius 1 is 0.426 bits per heavy atom. The fourth-order valence-corrected chi connectivity index (χ4v) is 10.7. The van der Waals surface area contributed by atoms with Gasteiger partial charge >= 0.3 is 0 Å². The zero-order valence-electron chi connectivity index (χ0n) is 26.5. The minimum atomic E-state index is -1.93. The zero-order chi connectivity index (χ0) is 31.5. The SMILES string of the molecule is C[Si]1(C)c2cc(Nc3ccc(-c4ccccc4)cc3)ccc2-c2ccc(-c3ccc4c(c3)c3ccccc3n4-c3ccccc3)cc21. The molecule has 1 N–H and O–H groups in total. The molecule has 0 saturated heterocycles. The summed E-state index contributed by atoms with van der Waals surface area (Å²) >= 11 is 0. The molecule has 0 spiro atoms. The Balaban J connectivity index is 1.05. The van der Waals surface area contributed by atoms with Crippen LogP contribution in [-0.4, -0.2) is 12.6 Å². The van der Waals surface area contributed by atoms with Gasteiger partial charge in [-0.15, -0.1) is 0 Å². The number of anilines is 2. The second-order valence-electron chi connectivity index (χ2n) is 13.1. The lowest BCUT2D eigenvalue weighted by atomic mass is 9.99. The van der Waals surface area contributed by atoms with E-state index in [1.165, 1.54) is 71.2 Å². The summed E-state index contributed by atoms with van der Waals surface area (Å²) in [5.74, 6) is 0. The average Bonchev–Trinajstić information content (AvgIpc) is 3.57. The number of para-hydroxylation sites is 2. The molecule has 0 atom stereocenters. The number of nitrogens with one attached hydrogen (secondary N) is 1. The highest BCUT2D eigenvalue weighted by molar-refractivity contribution is 7.03. The van der Waals surface area contributed by atoms with Crippen LogP contribution >= 0.6 is 0 Å². The quantitative estimate of drug-likeness (QED) is 0.190. The molecule has 3 heteroatoms. The predicted molar refractivity (Wildman–Crippen MR) is 204 cm³/mol. The van der Waals surface area contributed by atoms with Gasteiger partial charge in [-0.3, -0.25) is 0 Å². The van der Waals surface area contributed by atoms with Gasteiger partial charge in [0.15, 0.2) is 0 Å². The molecule has 0 unspecified atom stereocenters. The molecular formula is C44H34N2Si. The minimum Gasteiger partial charge on any atom is -0.356 e. The lowest BCUT2D eigenvalue weighted by Gasteiger charge is -2.20. The molecule has 9 rings (SSSR count). The van der Waals surface area contributed by atoms with Crippen molar-refractivity contribution in [3.8, 4) is 39.1 Å². The van der Waals surface area contributed by atoms with E-state index in [0.717, 1.165) is 11.4 Å². The fourth-order valence-electron chi connectivity index (χ4n) is 7.55. The first kappa shape index (κ1) is 27.6. The highest BCUT2D eigenvalue weighted by Gasteiger charge is 2.37. The Labute approximate surface area is 276 Å². The molecule has 1 aliphatic heterocycles. The van der Waals surface area contributed by atoms with E-state index in [-0.39, 0.29) is 0 Å². The molecule has 1 aliphatic rings. The molecule has 0 bridgehead atoms. The van der Waals surface area contributed by atoms with E-state index in [1.54, 1.807) is 0 Å². The van der Waals surface area contributed by atoms with Crippen molar-refractivity contribution in [2.45, 2.75) is 13.1 Å². The highest BCUT2D eigenvalue weighted by Crippen LogP contribution is 2.37. The molecule has 1 aromatic heterocycles. The van der Waals surface area contributed by atoms with Gasteiger partial charge in [0.1, 0.15) is 8.07 Å². The van der Waals surface area contributed by atoms with Gasteiger partial charge in [-0.05, 0) is 98.4 Å². The smallest absolute Gasteiger partial charge is 0.113 e. The third-order valence-corrected chi connectivity index (χ3v) is 13.5. The molecule has 2 nitrogen and oxygen atoms in total. The summed E-state index contributed by atoms with van der Waals surface area (Å²) in [4.78, 5) is 0. The zero-order valence-corrected chi connectivity index (χ0v) is 27.5. The summed E-state index contributed by atoms with van der Waals surface area (Å²) in [5, 5.41) is 9.26. The van der Waals surface area contributed by atoms with Crippen LogP contribution in [0.25, 0.3) is 60.9 Å². The summed E-state index contributed by atoms with van der Waals surface area (Å²) in [6.45, 7) is 4.99. The second-order valence-corrected chi connectivity index (χ2v) is 17.5. The van der Waals surface area contributed by atoms with Crippen LogP contribution < -0.4 is 15.7 Å². The number of hydrogen-bond donors (Lipinski definition) is 1. The number of rotatable bonds is 5. The first-order valence-corrected chi connectivity index (χ1v) is 19.4. The van der Waals surface area contributed by atoms with Crippen molar-refractivity contribution < 1.29 is 0 Å². The Bertz CT molecular complexity index is 2440. The fraction of sp³-hybridized carbons (Fsp3) is 0.0455. The predicted octanol–water partition coefficient (Wildman–Crippen LogP) is 10.7. The molecule has 47 heavy (non-hydrogen) atoms. The highest BCUT2D eigenvalue weighted by atomic mass is 28.3. The van der Waals surface area contributed by atoms with Crippen molar-refractivity contribution in [3.05, 3.63) is 164 Å². The maximum Gasteiger partial charge on any atom is 0.113 e. The normalized spacial score (nSPS) is 13.1. The Hall–Kier alpha value is -5.64. The molecule has 0 amide bonds. The van der Waals surface area contributed by atoms with Gasteiger partial charge in [0.25, 0.3) is 0 Å². The van der Waals surface area contributed by atoms with Crippen LogP contribution in [0.15, 0.2) is 164 Å². The molecular weight excluding hydrogens is 585 g/mol. The van der Waals surface area contributed by atoms with Gasteiger partial charge in [-0.1, -0.05) is 122 Å². The molecule has 0 aliphatic carbocycles. The van der Waals surface area contributed by atoms with Gasteiger partial charge < -0.3 is 9.88 Å². The molecule has 224 valence electrons. The van der Waals surface area contributed by atoms with Crippen molar-refractivity contribution in [3.63, 3.8) is 0 Å². The first-order chi connectivity index (χ1) is 23.0. The third kappa shape index (κ3) is 4.54. The van der Waals surface area contributed by atoms with Gasteiger partial charge in [0, 0.05) is 27.8 Å². The number of benzene rings is 7. The standard InChI is InChI=1S/C44H34N2Si/c1-47(2)43-28-33(32-20-26-42-40(27-32)37-15-9-10-16-41(37)46(42)36-13-7-4-8-14-36)19-24-38(43)39-25-23-35(29-44(39)47)45-34-21-17-31(18-22-34)30-11-5-3-6-12-30/h3-29,45H,1-2H3. The van der Waals surface area contributed by atoms with E-state index in [0.29, 0.717) is 0 Å². The molecule has 8 aromatic rings. The van der Waals surface area contributed by atoms with Crippen LogP contribution in [0.2, 0.25) is 13.1 Å². The molecule has 0 radical (unpaired) electrons. The van der Waals surface area contributed by atoms with Crippen LogP contribution in [0.3, 0.4) is 0 Å². The Kier molecular flexibility index (Phi) is 6.31. The Morgan fingerprint density at radius 3 is 1.77 bits per heavy atom.